The van der Waals surface area contributed by atoms with Crippen LogP contribution in [0.4, 0.5) is 0 Å². The van der Waals surface area contributed by atoms with E-state index < -0.39 is 17.9 Å². The zero-order valence-electron chi connectivity index (χ0n) is 23.6. The molecule has 39 heavy (non-hydrogen) atoms. The van der Waals surface area contributed by atoms with Crippen LogP contribution >= 0.6 is 0 Å². The zero-order valence-corrected chi connectivity index (χ0v) is 23.6. The van der Waals surface area contributed by atoms with Crippen molar-refractivity contribution in [3.05, 3.63) is 23.8 Å². The number of benzene rings is 1. The minimum atomic E-state index is -0.907. The van der Waals surface area contributed by atoms with Gasteiger partial charge in [-0.3, -0.25) is 19.3 Å². The number of fused-ring (bicyclic) bond motifs is 1. The Morgan fingerprint density at radius 2 is 1.82 bits per heavy atom. The highest BCUT2D eigenvalue weighted by molar-refractivity contribution is 5.80. The van der Waals surface area contributed by atoms with E-state index in [0.717, 1.165) is 44.2 Å². The first kappa shape index (κ1) is 29.1. The van der Waals surface area contributed by atoms with Gasteiger partial charge in [0.25, 0.3) is 0 Å². The summed E-state index contributed by atoms with van der Waals surface area (Å²) in [6.07, 6.45) is 5.15. The molecule has 2 amide bonds. The molecule has 0 saturated carbocycles. The van der Waals surface area contributed by atoms with Crippen molar-refractivity contribution >= 4 is 17.8 Å². The van der Waals surface area contributed by atoms with Gasteiger partial charge in [0.15, 0.2) is 11.5 Å². The molecule has 0 spiro atoms. The number of amides is 2. The number of carbonyl (C=O) groups is 3. The van der Waals surface area contributed by atoms with E-state index in [0.29, 0.717) is 50.6 Å². The number of ether oxygens (including phenoxy) is 2. The Bertz CT molecular complexity index is 1020. The van der Waals surface area contributed by atoms with Crippen molar-refractivity contribution in [1.29, 1.82) is 0 Å². The lowest BCUT2D eigenvalue weighted by atomic mass is 9.85. The van der Waals surface area contributed by atoms with Crippen LogP contribution in [0.5, 0.6) is 11.5 Å². The van der Waals surface area contributed by atoms with Gasteiger partial charge in [-0.05, 0) is 64.0 Å². The molecule has 2 saturated heterocycles. The summed E-state index contributed by atoms with van der Waals surface area (Å²) in [5.41, 5.74) is 0.853. The fourth-order valence-electron chi connectivity index (χ4n) is 6.04. The van der Waals surface area contributed by atoms with E-state index in [1.807, 2.05) is 42.1 Å². The van der Waals surface area contributed by atoms with Gasteiger partial charge in [-0.1, -0.05) is 19.4 Å². The molecule has 1 N–H and O–H groups in total. The van der Waals surface area contributed by atoms with Crippen molar-refractivity contribution in [2.75, 3.05) is 66.7 Å². The number of hydrogen-bond donors (Lipinski definition) is 1. The molecular weight excluding hydrogens is 500 g/mol. The lowest BCUT2D eigenvalue weighted by Gasteiger charge is -2.32. The fourth-order valence-corrected chi connectivity index (χ4v) is 6.04. The molecule has 10 nitrogen and oxygen atoms in total. The molecule has 4 rings (SSSR count). The van der Waals surface area contributed by atoms with E-state index in [2.05, 4.69) is 11.8 Å². The van der Waals surface area contributed by atoms with Crippen molar-refractivity contribution in [3.63, 3.8) is 0 Å². The van der Waals surface area contributed by atoms with E-state index in [4.69, 9.17) is 9.47 Å². The average Bonchev–Trinajstić information content (AvgIpc) is 3.62. The van der Waals surface area contributed by atoms with Crippen molar-refractivity contribution in [2.24, 2.45) is 5.92 Å². The summed E-state index contributed by atoms with van der Waals surface area (Å²) < 4.78 is 11.0. The Balaban J connectivity index is 1.55. The third-order valence-electron chi connectivity index (χ3n) is 8.19. The van der Waals surface area contributed by atoms with Crippen LogP contribution in [0.15, 0.2) is 18.2 Å². The number of carboxylic acid groups (broad SMARTS) is 1. The fraction of sp³-hybridized carbons (Fsp3) is 0.690. The Morgan fingerprint density at radius 1 is 1.08 bits per heavy atom. The van der Waals surface area contributed by atoms with Gasteiger partial charge in [-0.25, -0.2) is 0 Å². The normalized spacial score (nSPS) is 22.7. The van der Waals surface area contributed by atoms with Gasteiger partial charge in [0.2, 0.25) is 18.6 Å². The second kappa shape index (κ2) is 13.5. The lowest BCUT2D eigenvalue weighted by molar-refractivity contribution is -0.144. The molecule has 3 atom stereocenters. The molecule has 0 bridgehead atoms. The summed E-state index contributed by atoms with van der Waals surface area (Å²) in [4.78, 5) is 46.8. The second-order valence-electron chi connectivity index (χ2n) is 11.3. The third-order valence-corrected chi connectivity index (χ3v) is 8.19. The summed E-state index contributed by atoms with van der Waals surface area (Å²) in [6.45, 7) is 6.17. The number of carboxylic acids is 1. The SMILES string of the molecule is CCCCN(CCCCN(C)C)C(=O)CN1CC(c2ccc3c(c2)OCO3)C(C(=O)O)C1CN1CCCC1=O. The Labute approximate surface area is 231 Å². The van der Waals surface area contributed by atoms with Crippen LogP contribution in [-0.4, -0.2) is 115 Å². The molecule has 10 heteroatoms. The molecule has 0 aliphatic carbocycles. The summed E-state index contributed by atoms with van der Waals surface area (Å²) >= 11 is 0. The van der Waals surface area contributed by atoms with Gasteiger partial charge >= 0.3 is 5.97 Å². The van der Waals surface area contributed by atoms with Crippen molar-refractivity contribution < 1.29 is 29.0 Å². The highest BCUT2D eigenvalue weighted by Gasteiger charge is 2.48. The first-order chi connectivity index (χ1) is 18.8. The van der Waals surface area contributed by atoms with E-state index >= 15 is 0 Å². The largest absolute Gasteiger partial charge is 0.481 e. The average molecular weight is 545 g/mol. The molecule has 3 aliphatic rings. The van der Waals surface area contributed by atoms with Crippen LogP contribution in [0.1, 0.15) is 56.9 Å². The molecule has 2 fully saturated rings. The maximum absolute atomic E-state index is 13.7. The topological polar surface area (TPSA) is 103 Å². The number of aliphatic carboxylic acids is 1. The standard InChI is InChI=1S/C29H44N4O6/c1-4-5-13-31(14-7-6-12-30(2)3)27(35)19-33-17-22(21-10-11-24-25(16-21)39-20-38-24)28(29(36)37)23(33)18-32-15-8-9-26(32)34/h10-11,16,22-23,28H,4-9,12-15,17-20H2,1-3H3,(H,36,37). The van der Waals surface area contributed by atoms with Crippen LogP contribution < -0.4 is 9.47 Å². The van der Waals surface area contributed by atoms with Gasteiger partial charge in [0, 0.05) is 51.1 Å². The maximum atomic E-state index is 13.7. The second-order valence-corrected chi connectivity index (χ2v) is 11.3. The van der Waals surface area contributed by atoms with Gasteiger partial charge < -0.3 is 29.3 Å². The third kappa shape index (κ3) is 7.22. The molecule has 1 aromatic rings. The van der Waals surface area contributed by atoms with Gasteiger partial charge in [-0.2, -0.15) is 0 Å². The quantitative estimate of drug-likeness (QED) is 0.357. The lowest BCUT2D eigenvalue weighted by Crippen LogP contribution is -2.49. The number of likely N-dealkylation sites (tertiary alicyclic amines) is 2. The first-order valence-corrected chi connectivity index (χ1v) is 14.3. The summed E-state index contributed by atoms with van der Waals surface area (Å²) in [5, 5.41) is 10.4. The summed E-state index contributed by atoms with van der Waals surface area (Å²) in [7, 11) is 4.10. The highest BCUT2D eigenvalue weighted by Crippen LogP contribution is 2.42. The first-order valence-electron chi connectivity index (χ1n) is 14.3. The molecule has 0 radical (unpaired) electrons. The summed E-state index contributed by atoms with van der Waals surface area (Å²) in [6, 6.07) is 5.13. The minimum absolute atomic E-state index is 0.0292. The van der Waals surface area contributed by atoms with Crippen LogP contribution in [-0.2, 0) is 14.4 Å². The van der Waals surface area contributed by atoms with E-state index in [1.165, 1.54) is 0 Å². The number of rotatable bonds is 14. The summed E-state index contributed by atoms with van der Waals surface area (Å²) in [5.74, 6) is -0.649. The Kier molecular flexibility index (Phi) is 10.1. The smallest absolute Gasteiger partial charge is 0.308 e. The predicted octanol–water partition coefficient (Wildman–Crippen LogP) is 2.48. The van der Waals surface area contributed by atoms with Crippen molar-refractivity contribution in [3.8, 4) is 11.5 Å². The van der Waals surface area contributed by atoms with Gasteiger partial charge in [0.05, 0.1) is 12.5 Å². The molecule has 3 unspecified atom stereocenters. The van der Waals surface area contributed by atoms with E-state index in [-0.39, 0.29) is 31.1 Å². The van der Waals surface area contributed by atoms with Crippen LogP contribution in [0.3, 0.4) is 0 Å². The molecule has 1 aromatic carbocycles. The van der Waals surface area contributed by atoms with Gasteiger partial charge in [0.1, 0.15) is 0 Å². The Hall–Kier alpha value is -2.85. The van der Waals surface area contributed by atoms with Crippen molar-refractivity contribution in [2.45, 2.75) is 57.4 Å². The molecule has 216 valence electrons. The number of hydrogen-bond acceptors (Lipinski definition) is 7. The number of carbonyl (C=O) groups excluding carboxylic acids is 2. The minimum Gasteiger partial charge on any atom is -0.481 e. The predicted molar refractivity (Wildman–Crippen MR) is 147 cm³/mol. The number of nitrogens with zero attached hydrogens (tertiary/aromatic N) is 4. The van der Waals surface area contributed by atoms with Gasteiger partial charge in [-0.15, -0.1) is 0 Å². The molecule has 3 aliphatic heterocycles. The Morgan fingerprint density at radius 3 is 2.51 bits per heavy atom. The molecular formula is C29H44N4O6. The monoisotopic (exact) mass is 544 g/mol. The van der Waals surface area contributed by atoms with Crippen LogP contribution in [0.25, 0.3) is 0 Å². The van der Waals surface area contributed by atoms with E-state index in [9.17, 15) is 19.5 Å². The maximum Gasteiger partial charge on any atom is 0.308 e. The highest BCUT2D eigenvalue weighted by atomic mass is 16.7. The van der Waals surface area contributed by atoms with E-state index in [1.54, 1.807) is 4.90 Å². The zero-order chi connectivity index (χ0) is 27.9. The van der Waals surface area contributed by atoms with Crippen molar-refractivity contribution in [1.82, 2.24) is 19.6 Å². The van der Waals surface area contributed by atoms with Crippen LogP contribution in [0.2, 0.25) is 0 Å². The molecule has 3 heterocycles. The number of unbranched alkanes of at least 4 members (excludes halogenated alkanes) is 2. The molecule has 0 aromatic heterocycles. The van der Waals surface area contributed by atoms with Crippen LogP contribution in [0, 0.1) is 5.92 Å².